The number of rotatable bonds is 12. The molecule has 8 atom stereocenters. The second-order valence-electron chi connectivity index (χ2n) is 20.7. The van der Waals surface area contributed by atoms with E-state index >= 15 is 0 Å². The predicted molar refractivity (Wildman–Crippen MR) is 229 cm³/mol. The highest BCUT2D eigenvalue weighted by molar-refractivity contribution is 6.53. The topological polar surface area (TPSA) is 116 Å². The Labute approximate surface area is 359 Å². The molecule has 61 heavy (non-hydrogen) atoms. The first kappa shape index (κ1) is 40.2. The molecular weight excluding hydrogens is 773 g/mol. The predicted octanol–water partition coefficient (Wildman–Crippen LogP) is 6.73. The van der Waals surface area contributed by atoms with Gasteiger partial charge in [-0.15, -0.1) is 10.2 Å². The van der Waals surface area contributed by atoms with Crippen molar-refractivity contribution in [3.05, 3.63) is 65.0 Å². The Morgan fingerprint density at radius 1 is 0.951 bits per heavy atom. The van der Waals surface area contributed by atoms with Gasteiger partial charge in [-0.2, -0.15) is 0 Å². The summed E-state index contributed by atoms with van der Waals surface area (Å²) < 4.78 is 37.3. The second-order valence-corrected chi connectivity index (χ2v) is 20.7. The van der Waals surface area contributed by atoms with Gasteiger partial charge in [0.05, 0.1) is 22.8 Å². The lowest BCUT2D eigenvalue weighted by molar-refractivity contribution is -0.185. The third-order valence-corrected chi connectivity index (χ3v) is 16.9. The molecule has 6 fully saturated rings. The highest BCUT2D eigenvalue weighted by atomic mass is 19.3. The summed E-state index contributed by atoms with van der Waals surface area (Å²) in [5, 5.41) is 37.4. The number of nitrogens with zero attached hydrogens (tertiary/aromatic N) is 5. The van der Waals surface area contributed by atoms with E-state index in [1.165, 1.54) is 18.4 Å². The average molecular weight is 836 g/mol. The molecule has 1 aromatic heterocycles. The monoisotopic (exact) mass is 835 g/mol. The number of likely N-dealkylation sites (tertiary alicyclic amines) is 1. The fourth-order valence-corrected chi connectivity index (χ4v) is 13.8. The first-order valence-electron chi connectivity index (χ1n) is 23.7. The number of phenols is 1. The van der Waals surface area contributed by atoms with E-state index in [-0.39, 0.29) is 79.2 Å². The van der Waals surface area contributed by atoms with Crippen LogP contribution in [0.1, 0.15) is 144 Å². The number of hydrogen-bond acceptors (Lipinski definition) is 8. The van der Waals surface area contributed by atoms with E-state index in [0.717, 1.165) is 99.6 Å². The Bertz CT molecular complexity index is 2130. The summed E-state index contributed by atoms with van der Waals surface area (Å²) in [5.74, 6) is -0.460. The number of aromatic hydroxyl groups is 1. The molecule has 1 spiro atoms. The first-order valence-corrected chi connectivity index (χ1v) is 23.7. The molecule has 5 heterocycles. The van der Waals surface area contributed by atoms with Crippen molar-refractivity contribution >= 4 is 18.9 Å². The number of carbonyl (C=O) groups is 1. The molecule has 3 N–H and O–H groups in total. The number of piperidine rings is 2. The number of aromatic nitrogens is 3. The van der Waals surface area contributed by atoms with Crippen LogP contribution in [0.25, 0.3) is 0 Å². The van der Waals surface area contributed by atoms with Gasteiger partial charge < -0.3 is 24.8 Å². The van der Waals surface area contributed by atoms with Gasteiger partial charge in [-0.1, -0.05) is 56.7 Å². The van der Waals surface area contributed by atoms with Gasteiger partial charge in [0.25, 0.3) is 0 Å². The van der Waals surface area contributed by atoms with Crippen LogP contribution in [0.4, 0.5) is 8.78 Å². The Morgan fingerprint density at radius 3 is 2.43 bits per heavy atom. The Hall–Kier alpha value is -3.55. The molecule has 3 aromatic rings. The van der Waals surface area contributed by atoms with Gasteiger partial charge in [-0.25, -0.2) is 8.78 Å². The van der Waals surface area contributed by atoms with Gasteiger partial charge in [0.2, 0.25) is 19.1 Å². The molecular formula is C48H62BF2N6O4. The summed E-state index contributed by atoms with van der Waals surface area (Å²) in [6.07, 6.45) is 10.3. The summed E-state index contributed by atoms with van der Waals surface area (Å²) >= 11 is 0. The standard InChI is InChI=1S/C48H62BF2N6O4/c1-28(2)43-53-54-45(49-36-16-20-48(60)39-24-32-10-13-38(58)41-40(32)47(48,42(36)61-41)21-23-55(39)27-29-8-9-29)57(43)35-25-33-11-12-34(26-35)56(33)22-17-37(30-6-4-3-5-7-30)52-44(59)31-14-18-46(50,51)19-15-31/h3-7,10,13,28-29,31,33-37,39,42,58,60H,8-9,11-12,14-27H2,1-2H3,(H,52,59)/t33?,34?,35?,36?,37-,39+,42-,47-,48+/m0/s1. The second kappa shape index (κ2) is 15.0. The molecule has 11 rings (SSSR count). The van der Waals surface area contributed by atoms with Crippen molar-refractivity contribution in [1.82, 2.24) is 29.9 Å². The number of halogens is 2. The molecule has 4 aliphatic heterocycles. The summed E-state index contributed by atoms with van der Waals surface area (Å²) in [6, 6.07) is 14.9. The average Bonchev–Trinajstić information content (AvgIpc) is 3.76. The van der Waals surface area contributed by atoms with Gasteiger partial charge in [0.15, 0.2) is 11.5 Å². The van der Waals surface area contributed by atoms with Crippen molar-refractivity contribution in [2.24, 2.45) is 11.8 Å². The van der Waals surface area contributed by atoms with E-state index in [1.54, 1.807) is 6.07 Å². The molecule has 1 amide bonds. The van der Waals surface area contributed by atoms with Crippen molar-refractivity contribution in [1.29, 1.82) is 0 Å². The quantitative estimate of drug-likeness (QED) is 0.172. The van der Waals surface area contributed by atoms with Crippen molar-refractivity contribution in [2.75, 3.05) is 19.6 Å². The largest absolute Gasteiger partial charge is 0.504 e. The van der Waals surface area contributed by atoms with Gasteiger partial charge in [0, 0.05) is 67.5 Å². The van der Waals surface area contributed by atoms with E-state index in [2.05, 4.69) is 59.0 Å². The number of alkyl halides is 2. The van der Waals surface area contributed by atoms with Crippen LogP contribution >= 0.6 is 0 Å². The molecule has 1 radical (unpaired) electrons. The van der Waals surface area contributed by atoms with Crippen molar-refractivity contribution in [2.45, 2.75) is 175 Å². The smallest absolute Gasteiger partial charge is 0.248 e. The number of phenolic OH excluding ortho intramolecular Hbond substituents is 1. The number of nitrogens with one attached hydrogen (secondary N) is 1. The van der Waals surface area contributed by atoms with Crippen LogP contribution in [-0.4, -0.2) is 103 Å². The number of hydrogen-bond donors (Lipinski definition) is 3. The van der Waals surface area contributed by atoms with Crippen LogP contribution in [0.5, 0.6) is 11.5 Å². The lowest BCUT2D eigenvalue weighted by Gasteiger charge is -2.64. The first-order chi connectivity index (χ1) is 29.4. The van der Waals surface area contributed by atoms with Gasteiger partial charge in [-0.05, 0) is 113 Å². The number of fused-ring (bicyclic) bond motifs is 2. The van der Waals surface area contributed by atoms with Crippen LogP contribution in [0.2, 0.25) is 5.82 Å². The summed E-state index contributed by atoms with van der Waals surface area (Å²) in [7, 11) is 2.32. The number of benzene rings is 2. The normalized spacial score (nSPS) is 34.5. The number of aliphatic hydroxyl groups is 1. The highest BCUT2D eigenvalue weighted by Gasteiger charge is 2.73. The summed E-state index contributed by atoms with van der Waals surface area (Å²) in [6.45, 7) is 7.23. The molecule has 3 unspecified atom stereocenters. The van der Waals surface area contributed by atoms with Crippen molar-refractivity contribution in [3.8, 4) is 11.5 Å². The van der Waals surface area contributed by atoms with Crippen LogP contribution in [0.15, 0.2) is 42.5 Å². The minimum Gasteiger partial charge on any atom is -0.504 e. The molecule has 3 saturated heterocycles. The zero-order valence-electron chi connectivity index (χ0n) is 35.8. The molecule has 4 bridgehead atoms. The molecule has 3 saturated carbocycles. The molecule has 13 heteroatoms. The van der Waals surface area contributed by atoms with Gasteiger partial charge in [0.1, 0.15) is 11.9 Å². The van der Waals surface area contributed by atoms with Crippen LogP contribution < -0.4 is 15.8 Å². The third-order valence-electron chi connectivity index (χ3n) is 16.9. The summed E-state index contributed by atoms with van der Waals surface area (Å²) in [4.78, 5) is 18.7. The molecule has 325 valence electrons. The van der Waals surface area contributed by atoms with Crippen molar-refractivity contribution in [3.63, 3.8) is 0 Å². The number of carbonyl (C=O) groups excluding carboxylic acids is 1. The number of ether oxygens (including phenoxy) is 1. The molecule has 4 aliphatic carbocycles. The van der Waals surface area contributed by atoms with E-state index in [9.17, 15) is 23.8 Å². The molecule has 10 nitrogen and oxygen atoms in total. The number of amides is 1. The Kier molecular flexibility index (Phi) is 9.92. The van der Waals surface area contributed by atoms with E-state index in [4.69, 9.17) is 14.9 Å². The Balaban J connectivity index is 0.821. The fourth-order valence-electron chi connectivity index (χ4n) is 13.8. The maximum Gasteiger partial charge on any atom is 0.248 e. The SMILES string of the molecule is CC(C)c1nnc([B]C2CC[C@@]3(O)[C@H]4Cc5ccc(O)c6c5[C@@]3(CCN4CC3CC3)[C@H]2O6)n1C1CC2CCC(C1)N2CC[C@H](NC(=O)C1CCC(F)(F)CC1)c1ccccc1. The van der Waals surface area contributed by atoms with E-state index in [1.807, 2.05) is 18.2 Å². The van der Waals surface area contributed by atoms with Crippen LogP contribution in [0.3, 0.4) is 0 Å². The Morgan fingerprint density at radius 2 is 1.70 bits per heavy atom. The minimum atomic E-state index is -2.66. The lowest BCUT2D eigenvalue weighted by Crippen LogP contribution is -2.76. The fraction of sp³-hybridized carbons (Fsp3) is 0.688. The van der Waals surface area contributed by atoms with Crippen molar-refractivity contribution < 1.29 is 28.5 Å². The summed E-state index contributed by atoms with van der Waals surface area (Å²) in [5.41, 5.74) is 2.70. The highest BCUT2D eigenvalue weighted by Crippen LogP contribution is 2.67. The van der Waals surface area contributed by atoms with Gasteiger partial charge in [-0.3, -0.25) is 14.6 Å². The maximum atomic E-state index is 13.9. The minimum absolute atomic E-state index is 0.0105. The lowest BCUT2D eigenvalue weighted by atomic mass is 9.42. The zero-order valence-corrected chi connectivity index (χ0v) is 35.8. The van der Waals surface area contributed by atoms with E-state index in [0.29, 0.717) is 24.3 Å². The third kappa shape index (κ3) is 6.67. The van der Waals surface area contributed by atoms with Crippen LogP contribution in [-0.2, 0) is 16.6 Å². The maximum absolute atomic E-state index is 13.9. The van der Waals surface area contributed by atoms with Crippen LogP contribution in [0, 0.1) is 11.8 Å². The van der Waals surface area contributed by atoms with E-state index < -0.39 is 16.9 Å². The molecule has 2 aromatic carbocycles. The molecule has 8 aliphatic rings. The van der Waals surface area contributed by atoms with Gasteiger partial charge >= 0.3 is 0 Å². The zero-order chi connectivity index (χ0) is 41.8.